The van der Waals surface area contributed by atoms with E-state index in [4.69, 9.17) is 5.73 Å². The Labute approximate surface area is 55.0 Å². The van der Waals surface area contributed by atoms with Gasteiger partial charge in [-0.2, -0.15) is 11.8 Å². The first-order valence-corrected chi connectivity index (χ1v) is 4.48. The molecule has 8 heavy (non-hydrogen) atoms. The minimum absolute atomic E-state index is 0.491. The highest BCUT2D eigenvalue weighted by Gasteiger charge is 2.27. The van der Waals surface area contributed by atoms with Gasteiger partial charge in [0.2, 0.25) is 0 Å². The Bertz CT molecular complexity index is 70.9. The fourth-order valence-corrected chi connectivity index (χ4v) is 1.51. The summed E-state index contributed by atoms with van der Waals surface area (Å²) in [4.78, 5) is 0. The normalized spacial score (nSPS) is 23.2. The van der Waals surface area contributed by atoms with E-state index in [1.54, 1.807) is 0 Å². The van der Waals surface area contributed by atoms with E-state index in [1.807, 2.05) is 11.8 Å². The second-order valence-electron chi connectivity index (χ2n) is 2.46. The van der Waals surface area contributed by atoms with Crippen LogP contribution in [0.2, 0.25) is 0 Å². The number of nitrogens with two attached hydrogens (primary N) is 1. The van der Waals surface area contributed by atoms with E-state index >= 15 is 0 Å². The Hall–Kier alpha value is 0.310. The van der Waals surface area contributed by atoms with E-state index < -0.39 is 0 Å². The standard InChI is InChI=1S/C6H13NS/c1-8-4-6(7)5-2-3-5/h5-6H,2-4,7H2,1H3. The summed E-state index contributed by atoms with van der Waals surface area (Å²) in [5.74, 6) is 2.02. The molecule has 0 heterocycles. The molecule has 1 atom stereocenters. The lowest BCUT2D eigenvalue weighted by molar-refractivity contribution is 0.659. The minimum atomic E-state index is 0.491. The van der Waals surface area contributed by atoms with Crippen LogP contribution in [0.15, 0.2) is 0 Å². The van der Waals surface area contributed by atoms with Crippen LogP contribution >= 0.6 is 11.8 Å². The van der Waals surface area contributed by atoms with Gasteiger partial charge in [-0.05, 0) is 25.0 Å². The smallest absolute Gasteiger partial charge is 0.0158 e. The average molecular weight is 131 g/mol. The van der Waals surface area contributed by atoms with Crippen LogP contribution < -0.4 is 5.73 Å². The zero-order valence-electron chi connectivity index (χ0n) is 5.26. The Morgan fingerprint density at radius 3 is 2.75 bits per heavy atom. The van der Waals surface area contributed by atoms with Crippen molar-refractivity contribution in [3.8, 4) is 0 Å². The first-order valence-electron chi connectivity index (χ1n) is 3.09. The van der Waals surface area contributed by atoms with E-state index in [2.05, 4.69) is 6.26 Å². The molecule has 1 rings (SSSR count). The highest BCUT2D eigenvalue weighted by atomic mass is 32.2. The third-order valence-electron chi connectivity index (χ3n) is 1.59. The zero-order chi connectivity index (χ0) is 5.98. The summed E-state index contributed by atoms with van der Waals surface area (Å²) in [5.41, 5.74) is 5.77. The summed E-state index contributed by atoms with van der Waals surface area (Å²) in [5, 5.41) is 0. The van der Waals surface area contributed by atoms with Crippen molar-refractivity contribution < 1.29 is 0 Å². The third kappa shape index (κ3) is 1.67. The molecule has 0 aliphatic heterocycles. The number of hydrogen-bond donors (Lipinski definition) is 1. The number of thioether (sulfide) groups is 1. The molecule has 0 aromatic heterocycles. The molecule has 0 amide bonds. The highest BCUT2D eigenvalue weighted by molar-refractivity contribution is 7.98. The number of hydrogen-bond acceptors (Lipinski definition) is 2. The summed E-state index contributed by atoms with van der Waals surface area (Å²) in [6, 6.07) is 0.491. The second-order valence-corrected chi connectivity index (χ2v) is 3.37. The first kappa shape index (κ1) is 6.43. The van der Waals surface area contributed by atoms with Crippen molar-refractivity contribution in [2.75, 3.05) is 12.0 Å². The van der Waals surface area contributed by atoms with Crippen molar-refractivity contribution in [1.29, 1.82) is 0 Å². The molecule has 2 N–H and O–H groups in total. The van der Waals surface area contributed by atoms with Gasteiger partial charge in [0.25, 0.3) is 0 Å². The van der Waals surface area contributed by atoms with E-state index in [-0.39, 0.29) is 0 Å². The van der Waals surface area contributed by atoms with Crippen LogP contribution in [0.4, 0.5) is 0 Å². The molecule has 1 saturated carbocycles. The number of rotatable bonds is 3. The van der Waals surface area contributed by atoms with E-state index in [0.717, 1.165) is 11.7 Å². The van der Waals surface area contributed by atoms with Crippen molar-refractivity contribution in [2.24, 2.45) is 11.7 Å². The van der Waals surface area contributed by atoms with E-state index in [0.29, 0.717) is 6.04 Å². The van der Waals surface area contributed by atoms with E-state index in [9.17, 15) is 0 Å². The Balaban J connectivity index is 2.03. The van der Waals surface area contributed by atoms with Gasteiger partial charge in [-0.1, -0.05) is 0 Å². The Kier molecular flexibility index (Phi) is 2.20. The molecule has 0 aromatic carbocycles. The fourth-order valence-electron chi connectivity index (χ4n) is 0.853. The van der Waals surface area contributed by atoms with Crippen LogP contribution in [-0.4, -0.2) is 18.1 Å². The molecule has 1 aliphatic rings. The summed E-state index contributed by atoms with van der Waals surface area (Å²) in [6.45, 7) is 0. The molecule has 1 aliphatic carbocycles. The van der Waals surface area contributed by atoms with Crippen molar-refractivity contribution in [1.82, 2.24) is 0 Å². The molecule has 0 radical (unpaired) electrons. The summed E-state index contributed by atoms with van der Waals surface area (Å²) >= 11 is 1.85. The maximum Gasteiger partial charge on any atom is 0.0158 e. The quantitative estimate of drug-likeness (QED) is 0.620. The van der Waals surface area contributed by atoms with Gasteiger partial charge in [0.1, 0.15) is 0 Å². The Morgan fingerprint density at radius 1 is 1.75 bits per heavy atom. The van der Waals surface area contributed by atoms with Gasteiger partial charge in [0, 0.05) is 11.8 Å². The SMILES string of the molecule is CSCC(N)C1CC1. The van der Waals surface area contributed by atoms with Gasteiger partial charge in [0.15, 0.2) is 0 Å². The van der Waals surface area contributed by atoms with Gasteiger partial charge >= 0.3 is 0 Å². The van der Waals surface area contributed by atoms with Crippen LogP contribution in [0.3, 0.4) is 0 Å². The van der Waals surface area contributed by atoms with Crippen LogP contribution in [-0.2, 0) is 0 Å². The second kappa shape index (κ2) is 2.74. The van der Waals surface area contributed by atoms with Crippen LogP contribution in [0.5, 0.6) is 0 Å². The van der Waals surface area contributed by atoms with Crippen molar-refractivity contribution in [3.63, 3.8) is 0 Å². The van der Waals surface area contributed by atoms with Crippen molar-refractivity contribution in [3.05, 3.63) is 0 Å². The molecule has 48 valence electrons. The van der Waals surface area contributed by atoms with Gasteiger partial charge in [-0.25, -0.2) is 0 Å². The average Bonchev–Trinajstić information content (AvgIpc) is 2.45. The first-order chi connectivity index (χ1) is 3.84. The largest absolute Gasteiger partial charge is 0.327 e. The molecular formula is C6H13NS. The molecule has 2 heteroatoms. The molecular weight excluding hydrogens is 118 g/mol. The summed E-state index contributed by atoms with van der Waals surface area (Å²) < 4.78 is 0. The zero-order valence-corrected chi connectivity index (χ0v) is 6.08. The van der Waals surface area contributed by atoms with Gasteiger partial charge in [0.05, 0.1) is 0 Å². The highest BCUT2D eigenvalue weighted by Crippen LogP contribution is 2.32. The third-order valence-corrected chi connectivity index (χ3v) is 2.30. The van der Waals surface area contributed by atoms with Gasteiger partial charge in [-0.3, -0.25) is 0 Å². The van der Waals surface area contributed by atoms with Crippen LogP contribution in [0.1, 0.15) is 12.8 Å². The Morgan fingerprint density at radius 2 is 2.38 bits per heavy atom. The summed E-state index contributed by atoms with van der Waals surface area (Å²) in [6.07, 6.45) is 4.87. The minimum Gasteiger partial charge on any atom is -0.327 e. The summed E-state index contributed by atoms with van der Waals surface area (Å²) in [7, 11) is 0. The van der Waals surface area contributed by atoms with Gasteiger partial charge in [-0.15, -0.1) is 0 Å². The maximum atomic E-state index is 5.77. The van der Waals surface area contributed by atoms with Crippen molar-refractivity contribution in [2.45, 2.75) is 18.9 Å². The molecule has 0 spiro atoms. The molecule has 1 fully saturated rings. The lowest BCUT2D eigenvalue weighted by Gasteiger charge is -2.05. The predicted octanol–water partition coefficient (Wildman–Crippen LogP) is 1.09. The molecule has 0 bridgehead atoms. The topological polar surface area (TPSA) is 26.0 Å². The monoisotopic (exact) mass is 131 g/mol. The van der Waals surface area contributed by atoms with Crippen LogP contribution in [0.25, 0.3) is 0 Å². The van der Waals surface area contributed by atoms with Crippen molar-refractivity contribution >= 4 is 11.8 Å². The predicted molar refractivity (Wildman–Crippen MR) is 39.1 cm³/mol. The molecule has 0 aromatic rings. The van der Waals surface area contributed by atoms with Crippen LogP contribution in [0, 0.1) is 5.92 Å². The lowest BCUT2D eigenvalue weighted by atomic mass is 10.2. The van der Waals surface area contributed by atoms with E-state index in [1.165, 1.54) is 12.8 Å². The lowest BCUT2D eigenvalue weighted by Crippen LogP contribution is -2.24. The fraction of sp³-hybridized carbons (Fsp3) is 1.00. The maximum absolute atomic E-state index is 5.77. The molecule has 1 unspecified atom stereocenters. The molecule has 0 saturated heterocycles. The van der Waals surface area contributed by atoms with Gasteiger partial charge < -0.3 is 5.73 Å². The molecule has 1 nitrogen and oxygen atoms in total.